The summed E-state index contributed by atoms with van der Waals surface area (Å²) >= 11 is 0. The minimum Gasteiger partial charge on any atom is -0.496 e. The number of nitrogen functional groups attached to an aromatic ring is 1. The minimum atomic E-state index is -0.579. The topological polar surface area (TPSA) is 113 Å². The average Bonchev–Trinajstić information content (AvgIpc) is 2.39. The van der Waals surface area contributed by atoms with Gasteiger partial charge in [0.15, 0.2) is 0 Å². The van der Waals surface area contributed by atoms with E-state index < -0.39 is 4.92 Å². The summed E-state index contributed by atoms with van der Waals surface area (Å²) in [4.78, 5) is 18.0. The third kappa shape index (κ3) is 2.86. The quantitative estimate of drug-likeness (QED) is 0.659. The van der Waals surface area contributed by atoms with E-state index in [4.69, 9.17) is 15.2 Å². The van der Waals surface area contributed by atoms with E-state index in [0.717, 1.165) is 0 Å². The van der Waals surface area contributed by atoms with Gasteiger partial charge in [0.25, 0.3) is 0 Å². The Hall–Kier alpha value is -2.90. The predicted molar refractivity (Wildman–Crippen MR) is 66.2 cm³/mol. The molecule has 8 nitrogen and oxygen atoms in total. The Balaban J connectivity index is 2.36. The van der Waals surface area contributed by atoms with E-state index in [9.17, 15) is 10.1 Å². The lowest BCUT2D eigenvalue weighted by Crippen LogP contribution is -1.98. The zero-order valence-electron chi connectivity index (χ0n) is 9.94. The lowest BCUT2D eigenvalue weighted by molar-refractivity contribution is -0.385. The van der Waals surface area contributed by atoms with Gasteiger partial charge in [-0.1, -0.05) is 0 Å². The second kappa shape index (κ2) is 5.17. The smallest absolute Gasteiger partial charge is 0.324 e. The molecule has 98 valence electrons. The summed E-state index contributed by atoms with van der Waals surface area (Å²) in [6.45, 7) is 0. The highest BCUT2D eigenvalue weighted by atomic mass is 16.6. The largest absolute Gasteiger partial charge is 0.496 e. The van der Waals surface area contributed by atoms with Gasteiger partial charge in [0.2, 0.25) is 5.75 Å². The molecule has 0 aliphatic rings. The monoisotopic (exact) mass is 262 g/mol. The van der Waals surface area contributed by atoms with E-state index in [0.29, 0.717) is 5.75 Å². The average molecular weight is 262 g/mol. The van der Waals surface area contributed by atoms with Crippen molar-refractivity contribution in [2.45, 2.75) is 0 Å². The van der Waals surface area contributed by atoms with Crippen LogP contribution in [0.5, 0.6) is 17.5 Å². The Morgan fingerprint density at radius 2 is 2.16 bits per heavy atom. The van der Waals surface area contributed by atoms with E-state index in [1.54, 1.807) is 0 Å². The predicted octanol–water partition coefficient (Wildman–Crippen LogP) is 1.77. The van der Waals surface area contributed by atoms with Crippen molar-refractivity contribution in [1.29, 1.82) is 0 Å². The van der Waals surface area contributed by atoms with Gasteiger partial charge in [0.1, 0.15) is 11.6 Å². The Bertz CT molecular complexity index is 617. The number of nitrogens with zero attached hydrogens (tertiary/aromatic N) is 3. The second-order valence-electron chi connectivity index (χ2n) is 3.46. The molecule has 0 atom stereocenters. The molecule has 0 unspecified atom stereocenters. The van der Waals surface area contributed by atoms with Crippen molar-refractivity contribution in [2.75, 3.05) is 12.8 Å². The SMILES string of the molecule is COc1ccc(Oc2nccc(N)n2)c([N+](=O)[O-])c1. The molecule has 0 saturated carbocycles. The van der Waals surface area contributed by atoms with Gasteiger partial charge in [0, 0.05) is 6.20 Å². The number of rotatable bonds is 4. The molecule has 19 heavy (non-hydrogen) atoms. The Labute approximate surface area is 108 Å². The van der Waals surface area contributed by atoms with Crippen molar-refractivity contribution >= 4 is 11.5 Å². The number of aromatic nitrogens is 2. The molecule has 2 N–H and O–H groups in total. The molecule has 0 fully saturated rings. The van der Waals surface area contributed by atoms with Crippen molar-refractivity contribution in [1.82, 2.24) is 9.97 Å². The van der Waals surface area contributed by atoms with E-state index in [1.807, 2.05) is 0 Å². The molecule has 0 aliphatic carbocycles. The first-order chi connectivity index (χ1) is 9.10. The van der Waals surface area contributed by atoms with Crippen LogP contribution in [-0.2, 0) is 0 Å². The molecule has 0 saturated heterocycles. The van der Waals surface area contributed by atoms with Crippen LogP contribution in [0, 0.1) is 10.1 Å². The lowest BCUT2D eigenvalue weighted by Gasteiger charge is -2.06. The molecule has 2 rings (SSSR count). The summed E-state index contributed by atoms with van der Waals surface area (Å²) in [5.74, 6) is 0.574. The van der Waals surface area contributed by atoms with Gasteiger partial charge in [-0.25, -0.2) is 4.98 Å². The van der Waals surface area contributed by atoms with E-state index in [1.165, 1.54) is 37.6 Å². The maximum Gasteiger partial charge on any atom is 0.324 e. The molecule has 0 spiro atoms. The number of anilines is 1. The van der Waals surface area contributed by atoms with Gasteiger partial charge in [-0.05, 0) is 18.2 Å². The number of nitro benzene ring substituents is 1. The fourth-order valence-corrected chi connectivity index (χ4v) is 1.35. The molecule has 1 heterocycles. The highest BCUT2D eigenvalue weighted by molar-refractivity contribution is 5.51. The number of nitro groups is 1. The van der Waals surface area contributed by atoms with Crippen LogP contribution in [0.25, 0.3) is 0 Å². The molecule has 0 radical (unpaired) electrons. The van der Waals surface area contributed by atoms with E-state index >= 15 is 0 Å². The van der Waals surface area contributed by atoms with Crippen molar-refractivity contribution in [3.63, 3.8) is 0 Å². The minimum absolute atomic E-state index is 0.0106. The van der Waals surface area contributed by atoms with Gasteiger partial charge < -0.3 is 15.2 Å². The third-order valence-electron chi connectivity index (χ3n) is 2.22. The van der Waals surface area contributed by atoms with Gasteiger partial charge in [-0.15, -0.1) is 0 Å². The summed E-state index contributed by atoms with van der Waals surface area (Å²) < 4.78 is 10.2. The first-order valence-corrected chi connectivity index (χ1v) is 5.19. The highest BCUT2D eigenvalue weighted by Gasteiger charge is 2.18. The van der Waals surface area contributed by atoms with Crippen molar-refractivity contribution in [3.8, 4) is 17.5 Å². The van der Waals surface area contributed by atoms with Crippen molar-refractivity contribution in [2.24, 2.45) is 0 Å². The Kier molecular flexibility index (Phi) is 3.42. The number of ether oxygens (including phenoxy) is 2. The van der Waals surface area contributed by atoms with Crippen LogP contribution in [0.3, 0.4) is 0 Å². The number of benzene rings is 1. The number of nitrogens with two attached hydrogens (primary N) is 1. The molecule has 0 bridgehead atoms. The number of hydrogen-bond donors (Lipinski definition) is 1. The van der Waals surface area contributed by atoms with Crippen molar-refractivity contribution in [3.05, 3.63) is 40.6 Å². The molecular weight excluding hydrogens is 252 g/mol. The van der Waals surface area contributed by atoms with Crippen LogP contribution < -0.4 is 15.2 Å². The van der Waals surface area contributed by atoms with Crippen LogP contribution in [0.4, 0.5) is 11.5 Å². The maximum absolute atomic E-state index is 11.0. The van der Waals surface area contributed by atoms with Crippen LogP contribution in [-0.4, -0.2) is 22.0 Å². The summed E-state index contributed by atoms with van der Waals surface area (Å²) in [5, 5.41) is 11.0. The molecule has 0 aliphatic heterocycles. The molecule has 1 aromatic carbocycles. The number of methoxy groups -OCH3 is 1. The molecule has 8 heteroatoms. The Morgan fingerprint density at radius 1 is 1.37 bits per heavy atom. The second-order valence-corrected chi connectivity index (χ2v) is 3.46. The van der Waals surface area contributed by atoms with Gasteiger partial charge in [-0.2, -0.15) is 4.98 Å². The number of hydrogen-bond acceptors (Lipinski definition) is 7. The first-order valence-electron chi connectivity index (χ1n) is 5.19. The fraction of sp³-hybridized carbons (Fsp3) is 0.0909. The summed E-state index contributed by atoms with van der Waals surface area (Å²) in [5.41, 5.74) is 5.23. The summed E-state index contributed by atoms with van der Waals surface area (Å²) in [7, 11) is 1.42. The summed E-state index contributed by atoms with van der Waals surface area (Å²) in [6.07, 6.45) is 1.40. The maximum atomic E-state index is 11.0. The van der Waals surface area contributed by atoms with Crippen LogP contribution >= 0.6 is 0 Å². The first kappa shape index (κ1) is 12.6. The molecular formula is C11H10N4O4. The van der Waals surface area contributed by atoms with E-state index in [2.05, 4.69) is 9.97 Å². The fourth-order valence-electron chi connectivity index (χ4n) is 1.35. The van der Waals surface area contributed by atoms with Crippen LogP contribution in [0.2, 0.25) is 0 Å². The Morgan fingerprint density at radius 3 is 2.79 bits per heavy atom. The lowest BCUT2D eigenvalue weighted by atomic mass is 10.3. The van der Waals surface area contributed by atoms with Crippen LogP contribution in [0.15, 0.2) is 30.5 Å². The van der Waals surface area contributed by atoms with Gasteiger partial charge in [-0.3, -0.25) is 10.1 Å². The van der Waals surface area contributed by atoms with Crippen molar-refractivity contribution < 1.29 is 14.4 Å². The van der Waals surface area contributed by atoms with E-state index in [-0.39, 0.29) is 23.3 Å². The highest BCUT2D eigenvalue weighted by Crippen LogP contribution is 2.33. The summed E-state index contributed by atoms with van der Waals surface area (Å²) in [6, 6.07) is 5.61. The molecule has 0 amide bonds. The molecule has 1 aromatic heterocycles. The zero-order chi connectivity index (χ0) is 13.8. The molecule has 2 aromatic rings. The van der Waals surface area contributed by atoms with Gasteiger partial charge in [0.05, 0.1) is 18.1 Å². The van der Waals surface area contributed by atoms with Gasteiger partial charge >= 0.3 is 11.7 Å². The third-order valence-corrected chi connectivity index (χ3v) is 2.22. The van der Waals surface area contributed by atoms with Crippen LogP contribution in [0.1, 0.15) is 0 Å². The standard InChI is InChI=1S/C11H10N4O4/c1-18-7-2-3-9(8(6-7)15(16)17)19-11-13-5-4-10(12)14-11/h2-6H,1H3,(H2,12,13,14). The zero-order valence-corrected chi connectivity index (χ0v) is 9.94. The normalized spacial score (nSPS) is 9.95.